The second kappa shape index (κ2) is 5.43. The van der Waals surface area contributed by atoms with Crippen molar-refractivity contribution in [1.29, 1.82) is 0 Å². The Labute approximate surface area is 129 Å². The average Bonchev–Trinajstić information content (AvgIpc) is 2.47. The third-order valence-corrected chi connectivity index (χ3v) is 6.82. The predicted molar refractivity (Wildman–Crippen MR) is 86.8 cm³/mol. The molecule has 4 bridgehead atoms. The summed E-state index contributed by atoms with van der Waals surface area (Å²) in [6, 6.07) is 12.4. The second-order valence-corrected chi connectivity index (χ2v) is 8.26. The van der Waals surface area contributed by atoms with E-state index in [4.69, 9.17) is 0 Å². The largest absolute Gasteiger partial charge is 0.338 e. The van der Waals surface area contributed by atoms with Crippen molar-refractivity contribution in [3.63, 3.8) is 0 Å². The molecule has 4 aliphatic rings. The van der Waals surface area contributed by atoms with Crippen molar-refractivity contribution in [2.45, 2.75) is 58.0 Å². The van der Waals surface area contributed by atoms with Crippen molar-refractivity contribution in [3.05, 3.63) is 35.9 Å². The summed E-state index contributed by atoms with van der Waals surface area (Å²) in [5, 5.41) is 2.66. The Morgan fingerprint density at radius 1 is 0.857 bits per heavy atom. The number of quaternary nitrogens is 1. The number of rotatable bonds is 4. The highest BCUT2D eigenvalue weighted by atomic mass is 15.0. The van der Waals surface area contributed by atoms with Gasteiger partial charge in [0.15, 0.2) is 0 Å². The monoisotopic (exact) mass is 284 g/mol. The topological polar surface area (TPSA) is 16.6 Å². The van der Waals surface area contributed by atoms with Gasteiger partial charge < -0.3 is 5.32 Å². The third-order valence-electron chi connectivity index (χ3n) is 6.82. The van der Waals surface area contributed by atoms with Crippen LogP contribution >= 0.6 is 0 Å². The van der Waals surface area contributed by atoms with Gasteiger partial charge in [0.05, 0.1) is 6.04 Å². The van der Waals surface area contributed by atoms with E-state index in [-0.39, 0.29) is 0 Å². The summed E-state index contributed by atoms with van der Waals surface area (Å²) in [5.74, 6) is 5.29. The summed E-state index contributed by atoms with van der Waals surface area (Å²) < 4.78 is 0. The van der Waals surface area contributed by atoms with Crippen LogP contribution in [0.15, 0.2) is 30.3 Å². The van der Waals surface area contributed by atoms with Gasteiger partial charge >= 0.3 is 0 Å². The molecule has 2 N–H and O–H groups in total. The van der Waals surface area contributed by atoms with E-state index in [9.17, 15) is 0 Å². The quantitative estimate of drug-likeness (QED) is 0.867. The second-order valence-electron chi connectivity index (χ2n) is 8.26. The zero-order valence-corrected chi connectivity index (χ0v) is 13.5. The molecular formula is C20H30N+. The predicted octanol–water partition coefficient (Wildman–Crippen LogP) is 3.77. The Bertz CT molecular complexity index is 452. The molecule has 4 saturated carbocycles. The first-order valence-electron chi connectivity index (χ1n) is 9.10. The highest BCUT2D eigenvalue weighted by Crippen LogP contribution is 2.57. The first-order chi connectivity index (χ1) is 10.2. The molecule has 114 valence electrons. The van der Waals surface area contributed by atoms with Crippen LogP contribution in [0.2, 0.25) is 0 Å². The summed E-state index contributed by atoms with van der Waals surface area (Å²) in [7, 11) is 0. The first kappa shape index (κ1) is 13.8. The van der Waals surface area contributed by atoms with Crippen molar-refractivity contribution in [2.24, 2.45) is 29.6 Å². The van der Waals surface area contributed by atoms with E-state index in [0.717, 1.165) is 35.6 Å². The molecular weight excluding hydrogens is 254 g/mol. The normalized spacial score (nSPS) is 40.2. The molecule has 0 saturated heterocycles. The molecule has 0 radical (unpaired) electrons. The van der Waals surface area contributed by atoms with Gasteiger partial charge in [-0.15, -0.1) is 0 Å². The Hall–Kier alpha value is -0.820. The number of nitrogens with two attached hydrogens (primary N) is 1. The van der Waals surface area contributed by atoms with E-state index < -0.39 is 0 Å². The fourth-order valence-electron chi connectivity index (χ4n) is 6.28. The van der Waals surface area contributed by atoms with Gasteiger partial charge in [0.25, 0.3) is 0 Å². The Morgan fingerprint density at radius 3 is 2.00 bits per heavy atom. The van der Waals surface area contributed by atoms with Crippen molar-refractivity contribution in [1.82, 2.24) is 0 Å². The maximum absolute atomic E-state index is 2.66. The van der Waals surface area contributed by atoms with Crippen LogP contribution in [0.1, 0.15) is 57.6 Å². The lowest BCUT2D eigenvalue weighted by Crippen LogP contribution is -2.92. The Balaban J connectivity index is 1.44. The van der Waals surface area contributed by atoms with Gasteiger partial charge in [-0.1, -0.05) is 30.3 Å². The summed E-state index contributed by atoms with van der Waals surface area (Å²) in [6.07, 6.45) is 7.77. The molecule has 2 atom stereocenters. The molecule has 1 aromatic rings. The van der Waals surface area contributed by atoms with Gasteiger partial charge in [0.2, 0.25) is 0 Å². The molecule has 0 aromatic heterocycles. The molecule has 1 nitrogen and oxygen atoms in total. The van der Waals surface area contributed by atoms with E-state index in [1.165, 1.54) is 5.56 Å². The number of hydrogen-bond donors (Lipinski definition) is 1. The fourth-order valence-corrected chi connectivity index (χ4v) is 6.28. The molecule has 0 heterocycles. The van der Waals surface area contributed by atoms with Crippen molar-refractivity contribution in [2.75, 3.05) is 0 Å². The van der Waals surface area contributed by atoms with E-state index in [1.54, 1.807) is 32.1 Å². The van der Waals surface area contributed by atoms with E-state index in [0.29, 0.717) is 6.04 Å². The van der Waals surface area contributed by atoms with Crippen LogP contribution in [0, 0.1) is 29.6 Å². The van der Waals surface area contributed by atoms with Crippen LogP contribution in [0.25, 0.3) is 0 Å². The van der Waals surface area contributed by atoms with E-state index in [1.807, 2.05) is 0 Å². The van der Waals surface area contributed by atoms with Crippen LogP contribution in [0.5, 0.6) is 0 Å². The minimum atomic E-state index is 0.596. The van der Waals surface area contributed by atoms with Crippen LogP contribution in [0.4, 0.5) is 0 Å². The molecule has 5 rings (SSSR count). The van der Waals surface area contributed by atoms with Gasteiger partial charge in [0, 0.05) is 11.5 Å². The highest BCUT2D eigenvalue weighted by Gasteiger charge is 2.50. The molecule has 0 unspecified atom stereocenters. The molecule has 0 spiro atoms. The summed E-state index contributed by atoms with van der Waals surface area (Å²) >= 11 is 0. The summed E-state index contributed by atoms with van der Waals surface area (Å²) in [4.78, 5) is 0. The highest BCUT2D eigenvalue weighted by molar-refractivity contribution is 5.16. The van der Waals surface area contributed by atoms with Crippen molar-refractivity contribution < 1.29 is 5.32 Å². The lowest BCUT2D eigenvalue weighted by Gasteiger charge is -2.55. The molecule has 4 fully saturated rings. The maximum atomic E-state index is 2.66. The van der Waals surface area contributed by atoms with Crippen LogP contribution in [-0.2, 0) is 0 Å². The van der Waals surface area contributed by atoms with Gasteiger partial charge in [-0.25, -0.2) is 0 Å². The number of hydrogen-bond acceptors (Lipinski definition) is 0. The third kappa shape index (κ3) is 2.54. The zero-order valence-electron chi connectivity index (χ0n) is 13.5. The molecule has 21 heavy (non-hydrogen) atoms. The van der Waals surface area contributed by atoms with Crippen LogP contribution < -0.4 is 5.32 Å². The smallest absolute Gasteiger partial charge is 0.109 e. The summed E-state index contributed by atoms with van der Waals surface area (Å²) in [5.41, 5.74) is 1.48. The van der Waals surface area contributed by atoms with Gasteiger partial charge in [0.1, 0.15) is 6.04 Å². The van der Waals surface area contributed by atoms with Crippen LogP contribution in [0.3, 0.4) is 0 Å². The zero-order chi connectivity index (χ0) is 14.4. The molecule has 1 heteroatoms. The minimum Gasteiger partial charge on any atom is -0.338 e. The van der Waals surface area contributed by atoms with Gasteiger partial charge in [-0.3, -0.25) is 0 Å². The summed E-state index contributed by atoms with van der Waals surface area (Å²) in [6.45, 7) is 4.88. The Morgan fingerprint density at radius 2 is 1.43 bits per heavy atom. The van der Waals surface area contributed by atoms with Crippen molar-refractivity contribution in [3.8, 4) is 0 Å². The van der Waals surface area contributed by atoms with Crippen molar-refractivity contribution >= 4 is 0 Å². The maximum Gasteiger partial charge on any atom is 0.109 e. The van der Waals surface area contributed by atoms with Gasteiger partial charge in [-0.2, -0.15) is 0 Å². The lowest BCUT2D eigenvalue weighted by atomic mass is 9.50. The molecule has 4 aliphatic carbocycles. The molecule has 0 aliphatic heterocycles. The fraction of sp³-hybridized carbons (Fsp3) is 0.700. The minimum absolute atomic E-state index is 0.596. The average molecular weight is 284 g/mol. The van der Waals surface area contributed by atoms with Crippen LogP contribution in [-0.4, -0.2) is 6.04 Å². The SMILES string of the molecule is C[C@H]([NH2+][C@H](C)c1ccccc1)C1C2CC3CC(C2)CC1C3. The first-order valence-corrected chi connectivity index (χ1v) is 9.10. The standard InChI is InChI=1S/C20H29N/c1-13(17-6-4-3-5-7-17)21-14(2)20-18-9-15-8-16(11-18)12-19(20)10-15/h3-7,13-16,18-21H,8-12H2,1-2H3/p+1/t13-,14+,15?,16?,18?,19?,20?/m1/s1. The molecule has 0 amide bonds. The number of benzene rings is 1. The van der Waals surface area contributed by atoms with Gasteiger partial charge in [-0.05, 0) is 69.6 Å². The Kier molecular flexibility index (Phi) is 3.57. The molecule has 1 aromatic carbocycles. The lowest BCUT2D eigenvalue weighted by molar-refractivity contribution is -0.731. The van der Waals surface area contributed by atoms with E-state index in [2.05, 4.69) is 49.5 Å². The van der Waals surface area contributed by atoms with E-state index >= 15 is 0 Å².